The number of rotatable bonds is 9. The Morgan fingerprint density at radius 3 is 2.48 bits per heavy atom. The fourth-order valence-electron chi connectivity index (χ4n) is 1.89. The summed E-state index contributed by atoms with van der Waals surface area (Å²) in [6.45, 7) is 6.99. The van der Waals surface area contributed by atoms with Gasteiger partial charge in [-0.1, -0.05) is 19.1 Å². The van der Waals surface area contributed by atoms with Gasteiger partial charge in [-0.2, -0.15) is 0 Å². The standard InChI is InChI=1S/C16H25NO3S/c1-5-17-15(10-21-11-16(18)19-4)13-6-8-14(9-7-13)20-12(2)3/h6-9,12,15,17H,5,10-11H2,1-4H3. The van der Waals surface area contributed by atoms with Crippen molar-refractivity contribution in [2.24, 2.45) is 0 Å². The maximum absolute atomic E-state index is 11.2. The van der Waals surface area contributed by atoms with E-state index in [1.807, 2.05) is 26.0 Å². The number of esters is 1. The number of carbonyl (C=O) groups is 1. The molecule has 0 fully saturated rings. The summed E-state index contributed by atoms with van der Waals surface area (Å²) in [5, 5.41) is 3.44. The van der Waals surface area contributed by atoms with Gasteiger partial charge >= 0.3 is 5.97 Å². The molecule has 0 amide bonds. The normalized spacial score (nSPS) is 12.2. The first kappa shape index (κ1) is 17.9. The second kappa shape index (κ2) is 9.68. The van der Waals surface area contributed by atoms with Crippen LogP contribution in [-0.4, -0.2) is 37.2 Å². The maximum atomic E-state index is 11.2. The van der Waals surface area contributed by atoms with Crippen LogP contribution in [0.15, 0.2) is 24.3 Å². The van der Waals surface area contributed by atoms with E-state index >= 15 is 0 Å². The minimum atomic E-state index is -0.184. The van der Waals surface area contributed by atoms with Crippen LogP contribution in [0.2, 0.25) is 0 Å². The number of ether oxygens (including phenoxy) is 2. The summed E-state index contributed by atoms with van der Waals surface area (Å²) in [5.74, 6) is 1.91. The fourth-order valence-corrected chi connectivity index (χ4v) is 2.84. The van der Waals surface area contributed by atoms with Gasteiger partial charge in [0, 0.05) is 11.8 Å². The predicted octanol–water partition coefficient (Wildman–Crippen LogP) is 3.03. The van der Waals surface area contributed by atoms with Crippen molar-refractivity contribution in [3.63, 3.8) is 0 Å². The highest BCUT2D eigenvalue weighted by Gasteiger charge is 2.12. The average molecular weight is 311 g/mol. The van der Waals surface area contributed by atoms with Crippen molar-refractivity contribution in [1.29, 1.82) is 0 Å². The lowest BCUT2D eigenvalue weighted by Gasteiger charge is -2.18. The van der Waals surface area contributed by atoms with Crippen LogP contribution in [0.3, 0.4) is 0 Å². The molecular formula is C16H25NO3S. The Bertz CT molecular complexity index is 420. The molecule has 5 heteroatoms. The molecule has 0 heterocycles. The number of methoxy groups -OCH3 is 1. The number of thioether (sulfide) groups is 1. The summed E-state index contributed by atoms with van der Waals surface area (Å²) >= 11 is 1.58. The number of hydrogen-bond acceptors (Lipinski definition) is 5. The van der Waals surface area contributed by atoms with Crippen LogP contribution in [0.4, 0.5) is 0 Å². The molecule has 21 heavy (non-hydrogen) atoms. The quantitative estimate of drug-likeness (QED) is 0.710. The Morgan fingerprint density at radius 1 is 1.29 bits per heavy atom. The zero-order chi connectivity index (χ0) is 15.7. The molecule has 0 aliphatic carbocycles. The number of benzene rings is 1. The zero-order valence-corrected chi connectivity index (χ0v) is 14.0. The van der Waals surface area contributed by atoms with Crippen LogP contribution in [0.1, 0.15) is 32.4 Å². The average Bonchev–Trinajstić information content (AvgIpc) is 2.46. The SMILES string of the molecule is CCNC(CSCC(=O)OC)c1ccc(OC(C)C)cc1. The summed E-state index contributed by atoms with van der Waals surface area (Å²) in [4.78, 5) is 11.2. The van der Waals surface area contributed by atoms with Crippen LogP contribution in [0.25, 0.3) is 0 Å². The van der Waals surface area contributed by atoms with Gasteiger partial charge in [-0.05, 0) is 38.1 Å². The summed E-state index contributed by atoms with van der Waals surface area (Å²) < 4.78 is 10.3. The lowest BCUT2D eigenvalue weighted by Crippen LogP contribution is -2.23. The molecule has 0 spiro atoms. The smallest absolute Gasteiger partial charge is 0.315 e. The van der Waals surface area contributed by atoms with Crippen molar-refractivity contribution < 1.29 is 14.3 Å². The van der Waals surface area contributed by atoms with Crippen LogP contribution in [0.5, 0.6) is 5.75 Å². The summed E-state index contributed by atoms with van der Waals surface area (Å²) in [6, 6.07) is 8.35. The van der Waals surface area contributed by atoms with E-state index < -0.39 is 0 Å². The third kappa shape index (κ3) is 6.87. The van der Waals surface area contributed by atoms with Gasteiger partial charge in [-0.3, -0.25) is 4.79 Å². The number of hydrogen-bond donors (Lipinski definition) is 1. The molecule has 118 valence electrons. The highest BCUT2D eigenvalue weighted by molar-refractivity contribution is 7.99. The maximum Gasteiger partial charge on any atom is 0.315 e. The summed E-state index contributed by atoms with van der Waals surface area (Å²) in [7, 11) is 1.41. The number of carbonyl (C=O) groups excluding carboxylic acids is 1. The van der Waals surface area contributed by atoms with E-state index in [1.165, 1.54) is 12.7 Å². The Balaban J connectivity index is 2.60. The lowest BCUT2D eigenvalue weighted by atomic mass is 10.1. The highest BCUT2D eigenvalue weighted by Crippen LogP contribution is 2.22. The zero-order valence-electron chi connectivity index (χ0n) is 13.2. The van der Waals surface area contributed by atoms with Gasteiger partial charge in [0.05, 0.1) is 19.0 Å². The van der Waals surface area contributed by atoms with Gasteiger partial charge in [0.25, 0.3) is 0 Å². The van der Waals surface area contributed by atoms with Crippen LogP contribution >= 0.6 is 11.8 Å². The minimum absolute atomic E-state index is 0.177. The Labute approximate surface area is 131 Å². The first-order valence-corrected chi connectivity index (χ1v) is 8.36. The summed E-state index contributed by atoms with van der Waals surface area (Å²) in [5.41, 5.74) is 1.20. The first-order chi connectivity index (χ1) is 10.1. The third-order valence-electron chi connectivity index (χ3n) is 2.84. The second-order valence-electron chi connectivity index (χ2n) is 4.94. The van der Waals surface area contributed by atoms with Crippen LogP contribution in [0, 0.1) is 0 Å². The monoisotopic (exact) mass is 311 g/mol. The summed E-state index contributed by atoms with van der Waals surface area (Å²) in [6.07, 6.45) is 0.177. The Morgan fingerprint density at radius 2 is 1.95 bits per heavy atom. The van der Waals surface area contributed by atoms with Crippen molar-refractivity contribution in [2.75, 3.05) is 25.2 Å². The largest absolute Gasteiger partial charge is 0.491 e. The predicted molar refractivity (Wildman–Crippen MR) is 88.0 cm³/mol. The van der Waals surface area contributed by atoms with Crippen LogP contribution in [-0.2, 0) is 9.53 Å². The Hall–Kier alpha value is -1.20. The van der Waals surface area contributed by atoms with E-state index in [9.17, 15) is 4.79 Å². The molecule has 4 nitrogen and oxygen atoms in total. The van der Waals surface area contributed by atoms with Crippen molar-refractivity contribution in [3.05, 3.63) is 29.8 Å². The molecule has 0 aliphatic rings. The lowest BCUT2D eigenvalue weighted by molar-refractivity contribution is -0.137. The molecule has 1 unspecified atom stereocenters. The van der Waals surface area contributed by atoms with Crippen molar-refractivity contribution in [3.8, 4) is 5.75 Å². The van der Waals surface area contributed by atoms with E-state index in [4.69, 9.17) is 4.74 Å². The van der Waals surface area contributed by atoms with Gasteiger partial charge in [0.2, 0.25) is 0 Å². The van der Waals surface area contributed by atoms with E-state index in [0.717, 1.165) is 18.0 Å². The van der Waals surface area contributed by atoms with Gasteiger partial charge < -0.3 is 14.8 Å². The van der Waals surface area contributed by atoms with Crippen molar-refractivity contribution >= 4 is 17.7 Å². The van der Waals surface area contributed by atoms with Crippen LogP contribution < -0.4 is 10.1 Å². The molecule has 1 aromatic carbocycles. The molecule has 0 bridgehead atoms. The molecule has 1 atom stereocenters. The van der Waals surface area contributed by atoms with Gasteiger partial charge in [-0.15, -0.1) is 11.8 Å². The molecule has 0 aliphatic heterocycles. The first-order valence-electron chi connectivity index (χ1n) is 7.21. The fraction of sp³-hybridized carbons (Fsp3) is 0.562. The van der Waals surface area contributed by atoms with E-state index in [0.29, 0.717) is 5.75 Å². The molecule has 1 N–H and O–H groups in total. The van der Waals surface area contributed by atoms with E-state index in [1.54, 1.807) is 11.8 Å². The molecule has 0 saturated heterocycles. The molecule has 0 aromatic heterocycles. The van der Waals surface area contributed by atoms with Crippen molar-refractivity contribution in [1.82, 2.24) is 5.32 Å². The molecule has 0 radical (unpaired) electrons. The third-order valence-corrected chi connectivity index (χ3v) is 3.85. The molecule has 1 rings (SSSR count). The molecule has 1 aromatic rings. The topological polar surface area (TPSA) is 47.6 Å². The second-order valence-corrected chi connectivity index (χ2v) is 5.97. The molecule has 0 saturated carbocycles. The minimum Gasteiger partial charge on any atom is -0.491 e. The number of nitrogens with one attached hydrogen (secondary N) is 1. The van der Waals surface area contributed by atoms with Gasteiger partial charge in [0.1, 0.15) is 5.75 Å². The Kier molecular flexibility index (Phi) is 8.23. The molecular weight excluding hydrogens is 286 g/mol. The van der Waals surface area contributed by atoms with E-state index in [-0.39, 0.29) is 18.1 Å². The van der Waals surface area contributed by atoms with E-state index in [2.05, 4.69) is 29.1 Å². The highest BCUT2D eigenvalue weighted by atomic mass is 32.2. The van der Waals surface area contributed by atoms with Gasteiger partial charge in [0.15, 0.2) is 0 Å². The van der Waals surface area contributed by atoms with Crippen molar-refractivity contribution in [2.45, 2.75) is 32.9 Å². The van der Waals surface area contributed by atoms with Gasteiger partial charge in [-0.25, -0.2) is 0 Å².